The van der Waals surface area contributed by atoms with E-state index in [9.17, 15) is 0 Å². The van der Waals surface area contributed by atoms with Crippen LogP contribution in [-0.2, 0) is 6.54 Å². The van der Waals surface area contributed by atoms with Crippen molar-refractivity contribution < 1.29 is 9.47 Å². The van der Waals surface area contributed by atoms with Gasteiger partial charge in [-0.1, -0.05) is 24.3 Å². The second-order valence-electron chi connectivity index (χ2n) is 6.11. The molecule has 6 nitrogen and oxygen atoms in total. The number of aromatic nitrogens is 1. The first-order chi connectivity index (χ1) is 12.8. The molecule has 2 heterocycles. The maximum Gasteiger partial charge on any atom is 0.213 e. The van der Waals surface area contributed by atoms with Crippen LogP contribution in [0, 0.1) is 0 Å². The van der Waals surface area contributed by atoms with Crippen LogP contribution < -0.4 is 14.8 Å². The van der Waals surface area contributed by atoms with Gasteiger partial charge in [0.05, 0.1) is 0 Å². The van der Waals surface area contributed by atoms with Crippen LogP contribution in [-0.4, -0.2) is 49.2 Å². The van der Waals surface area contributed by atoms with Crippen LogP contribution >= 0.6 is 0 Å². The number of nitrogens with one attached hydrogen (secondary N) is 1. The summed E-state index contributed by atoms with van der Waals surface area (Å²) in [5.74, 6) is 2.41. The normalized spacial score (nSPS) is 14.3. The molecule has 0 atom stereocenters. The minimum atomic E-state index is 0.459. The standard InChI is InChI=1S/C20H26N4O2/c1-21-20(24-11-5-6-12-24)23-16-17-9-10-19(22-15-17)26-14-13-25-18-7-3-2-4-8-18/h2-4,7-10,15H,5-6,11-14,16H2,1H3,(H,21,23). The molecule has 0 radical (unpaired) electrons. The lowest BCUT2D eigenvalue weighted by atomic mass is 10.3. The Morgan fingerprint density at radius 2 is 1.85 bits per heavy atom. The van der Waals surface area contributed by atoms with Crippen molar-refractivity contribution in [3.63, 3.8) is 0 Å². The molecule has 138 valence electrons. The molecular weight excluding hydrogens is 328 g/mol. The Morgan fingerprint density at radius 3 is 2.54 bits per heavy atom. The molecule has 0 amide bonds. The Labute approximate surface area is 154 Å². The van der Waals surface area contributed by atoms with Crippen LogP contribution in [0.1, 0.15) is 18.4 Å². The van der Waals surface area contributed by atoms with Crippen molar-refractivity contribution in [3.8, 4) is 11.6 Å². The third-order valence-corrected chi connectivity index (χ3v) is 4.21. The van der Waals surface area contributed by atoms with Crippen molar-refractivity contribution in [1.82, 2.24) is 15.2 Å². The molecule has 0 saturated carbocycles. The topological polar surface area (TPSA) is 59.0 Å². The second-order valence-corrected chi connectivity index (χ2v) is 6.11. The van der Waals surface area contributed by atoms with E-state index in [4.69, 9.17) is 9.47 Å². The number of para-hydroxylation sites is 1. The Hall–Kier alpha value is -2.76. The van der Waals surface area contributed by atoms with Crippen molar-refractivity contribution >= 4 is 5.96 Å². The van der Waals surface area contributed by atoms with E-state index in [2.05, 4.69) is 20.2 Å². The van der Waals surface area contributed by atoms with Crippen LogP contribution in [0.15, 0.2) is 53.7 Å². The largest absolute Gasteiger partial charge is 0.490 e. The number of hydrogen-bond donors (Lipinski definition) is 1. The summed E-state index contributed by atoms with van der Waals surface area (Å²) in [6, 6.07) is 13.6. The lowest BCUT2D eigenvalue weighted by Gasteiger charge is -2.20. The summed E-state index contributed by atoms with van der Waals surface area (Å²) in [7, 11) is 1.83. The van der Waals surface area contributed by atoms with Gasteiger partial charge < -0.3 is 19.7 Å². The van der Waals surface area contributed by atoms with E-state index in [0.29, 0.717) is 25.6 Å². The van der Waals surface area contributed by atoms with Gasteiger partial charge in [-0.15, -0.1) is 0 Å². The summed E-state index contributed by atoms with van der Waals surface area (Å²) < 4.78 is 11.2. The molecule has 1 aromatic carbocycles. The van der Waals surface area contributed by atoms with Crippen LogP contribution in [0.3, 0.4) is 0 Å². The monoisotopic (exact) mass is 354 g/mol. The molecule has 1 aromatic heterocycles. The Kier molecular flexibility index (Phi) is 6.70. The van der Waals surface area contributed by atoms with Gasteiger partial charge in [-0.3, -0.25) is 4.99 Å². The number of guanidine groups is 1. The van der Waals surface area contributed by atoms with Crippen molar-refractivity contribution in [3.05, 3.63) is 54.2 Å². The van der Waals surface area contributed by atoms with E-state index in [0.717, 1.165) is 30.4 Å². The first-order valence-corrected chi connectivity index (χ1v) is 9.06. The smallest absolute Gasteiger partial charge is 0.213 e. The van der Waals surface area contributed by atoms with Crippen molar-refractivity contribution in [1.29, 1.82) is 0 Å². The fourth-order valence-electron chi connectivity index (χ4n) is 2.87. The molecule has 6 heteroatoms. The maximum atomic E-state index is 5.62. The third-order valence-electron chi connectivity index (χ3n) is 4.21. The SMILES string of the molecule is CN=C(NCc1ccc(OCCOc2ccccc2)nc1)N1CCCC1. The number of pyridine rings is 1. The average molecular weight is 354 g/mol. The van der Waals surface area contributed by atoms with E-state index in [1.165, 1.54) is 12.8 Å². The maximum absolute atomic E-state index is 5.62. The number of aliphatic imine (C=N–C) groups is 1. The summed E-state index contributed by atoms with van der Waals surface area (Å²) in [5.41, 5.74) is 1.10. The minimum Gasteiger partial charge on any atom is -0.490 e. The highest BCUT2D eigenvalue weighted by molar-refractivity contribution is 5.80. The fourth-order valence-corrected chi connectivity index (χ4v) is 2.87. The summed E-state index contributed by atoms with van der Waals surface area (Å²) in [5, 5.41) is 3.39. The average Bonchev–Trinajstić information content (AvgIpc) is 3.22. The first-order valence-electron chi connectivity index (χ1n) is 9.06. The summed E-state index contributed by atoms with van der Waals surface area (Å²) >= 11 is 0. The second kappa shape index (κ2) is 9.65. The molecule has 2 aromatic rings. The van der Waals surface area contributed by atoms with Crippen LogP contribution in [0.4, 0.5) is 0 Å². The lowest BCUT2D eigenvalue weighted by molar-refractivity contribution is 0.212. The molecule has 1 aliphatic rings. The number of likely N-dealkylation sites (tertiary alicyclic amines) is 1. The molecule has 0 aliphatic carbocycles. The Bertz CT molecular complexity index is 683. The number of hydrogen-bond acceptors (Lipinski definition) is 4. The fraction of sp³-hybridized carbons (Fsp3) is 0.400. The van der Waals surface area contributed by atoms with Gasteiger partial charge in [-0.2, -0.15) is 0 Å². The zero-order chi connectivity index (χ0) is 18.0. The van der Waals surface area contributed by atoms with Gasteiger partial charge in [0.1, 0.15) is 19.0 Å². The van der Waals surface area contributed by atoms with Gasteiger partial charge in [0.15, 0.2) is 5.96 Å². The molecule has 1 aliphatic heterocycles. The molecule has 0 spiro atoms. The van der Waals surface area contributed by atoms with Gasteiger partial charge in [-0.05, 0) is 30.5 Å². The van der Waals surface area contributed by atoms with Crippen molar-refractivity contribution in [2.45, 2.75) is 19.4 Å². The van der Waals surface area contributed by atoms with E-state index in [1.807, 2.05) is 55.7 Å². The zero-order valence-electron chi connectivity index (χ0n) is 15.2. The predicted octanol–water partition coefficient (Wildman–Crippen LogP) is 2.71. The molecule has 1 fully saturated rings. The molecular formula is C20H26N4O2. The highest BCUT2D eigenvalue weighted by atomic mass is 16.5. The highest BCUT2D eigenvalue weighted by Gasteiger charge is 2.15. The van der Waals surface area contributed by atoms with Gasteiger partial charge in [-0.25, -0.2) is 4.98 Å². The highest BCUT2D eigenvalue weighted by Crippen LogP contribution is 2.11. The van der Waals surface area contributed by atoms with E-state index in [-0.39, 0.29) is 0 Å². The van der Waals surface area contributed by atoms with Crippen molar-refractivity contribution in [2.75, 3.05) is 33.4 Å². The van der Waals surface area contributed by atoms with Crippen LogP contribution in [0.25, 0.3) is 0 Å². The molecule has 1 saturated heterocycles. The van der Waals surface area contributed by atoms with Gasteiger partial charge in [0, 0.05) is 38.9 Å². The Morgan fingerprint density at radius 1 is 1.08 bits per heavy atom. The molecule has 26 heavy (non-hydrogen) atoms. The van der Waals surface area contributed by atoms with Crippen molar-refractivity contribution in [2.24, 2.45) is 4.99 Å². The van der Waals surface area contributed by atoms with E-state index < -0.39 is 0 Å². The summed E-state index contributed by atoms with van der Waals surface area (Å²) in [6.45, 7) is 3.81. The quantitative estimate of drug-likeness (QED) is 0.471. The number of nitrogens with zero attached hydrogens (tertiary/aromatic N) is 3. The first kappa shape index (κ1) is 18.0. The Balaban J connectivity index is 1.39. The van der Waals surface area contributed by atoms with E-state index >= 15 is 0 Å². The van der Waals surface area contributed by atoms with Crippen LogP contribution in [0.2, 0.25) is 0 Å². The van der Waals surface area contributed by atoms with Gasteiger partial charge in [0.25, 0.3) is 0 Å². The number of benzene rings is 1. The summed E-state index contributed by atoms with van der Waals surface area (Å²) in [6.07, 6.45) is 4.31. The lowest BCUT2D eigenvalue weighted by Crippen LogP contribution is -2.39. The third kappa shape index (κ3) is 5.37. The molecule has 1 N–H and O–H groups in total. The molecule has 0 bridgehead atoms. The minimum absolute atomic E-state index is 0.459. The number of rotatable bonds is 7. The molecule has 3 rings (SSSR count). The molecule has 0 unspecified atom stereocenters. The number of ether oxygens (including phenoxy) is 2. The van der Waals surface area contributed by atoms with Crippen LogP contribution in [0.5, 0.6) is 11.6 Å². The van der Waals surface area contributed by atoms with Gasteiger partial charge >= 0.3 is 0 Å². The summed E-state index contributed by atoms with van der Waals surface area (Å²) in [4.78, 5) is 11.0. The van der Waals surface area contributed by atoms with Gasteiger partial charge in [0.2, 0.25) is 5.88 Å². The zero-order valence-corrected chi connectivity index (χ0v) is 15.2. The predicted molar refractivity (Wildman–Crippen MR) is 103 cm³/mol. The van der Waals surface area contributed by atoms with E-state index in [1.54, 1.807) is 0 Å².